The average Bonchev–Trinajstić information content (AvgIpc) is 2.51. The highest BCUT2D eigenvalue weighted by Crippen LogP contribution is 2.34. The number of rotatable bonds is 3. The van der Waals surface area contributed by atoms with Gasteiger partial charge in [-0.25, -0.2) is 4.39 Å². The van der Waals surface area contributed by atoms with Gasteiger partial charge in [-0.1, -0.05) is 12.1 Å². The fraction of sp³-hybridized carbons (Fsp3) is 0.200. The van der Waals surface area contributed by atoms with Crippen LogP contribution in [-0.4, -0.2) is 21.9 Å². The molecule has 8 heteroatoms. The molecule has 7 nitrogen and oxygen atoms in total. The molecule has 3 rings (SSSR count). The maximum atomic E-state index is 13.3. The second-order valence-electron chi connectivity index (χ2n) is 5.06. The van der Waals surface area contributed by atoms with E-state index in [1.54, 1.807) is 13.0 Å². The molecule has 1 aromatic carbocycles. The number of carbonyl (C=O) groups excluding carboxylic acids is 1. The Hall–Kier alpha value is -3.03. The zero-order chi connectivity index (χ0) is 16.6. The predicted octanol–water partition coefficient (Wildman–Crippen LogP) is 2.44. The van der Waals surface area contributed by atoms with Crippen LogP contribution in [0.2, 0.25) is 0 Å². The number of benzene rings is 1. The Labute approximate surface area is 130 Å². The maximum absolute atomic E-state index is 13.3. The van der Waals surface area contributed by atoms with Gasteiger partial charge in [-0.15, -0.1) is 0 Å². The third-order valence-electron chi connectivity index (χ3n) is 3.41. The summed E-state index contributed by atoms with van der Waals surface area (Å²) in [5, 5.41) is 10.9. The van der Waals surface area contributed by atoms with E-state index in [0.29, 0.717) is 5.56 Å². The van der Waals surface area contributed by atoms with Gasteiger partial charge in [-0.05, 0) is 40.6 Å². The number of pyridine rings is 1. The number of nitro groups is 1. The molecular weight excluding hydrogens is 305 g/mol. The molecule has 1 atom stereocenters. The summed E-state index contributed by atoms with van der Waals surface area (Å²) in [6.45, 7) is 1.62. The SMILES string of the molecule is CC1Oc2ccc([N+](=O)[O-])nc2N(Cc2cccc(F)c2)C1=O. The predicted molar refractivity (Wildman–Crippen MR) is 78.6 cm³/mol. The molecule has 118 valence electrons. The number of anilines is 1. The Morgan fingerprint density at radius 1 is 1.39 bits per heavy atom. The van der Waals surface area contributed by atoms with Gasteiger partial charge in [0.25, 0.3) is 11.7 Å². The molecule has 1 aliphatic rings. The van der Waals surface area contributed by atoms with Gasteiger partial charge in [0.15, 0.2) is 11.9 Å². The molecule has 1 aliphatic heterocycles. The Bertz CT molecular complexity index is 796. The van der Waals surface area contributed by atoms with Crippen LogP contribution in [-0.2, 0) is 11.3 Å². The first-order valence-corrected chi connectivity index (χ1v) is 6.83. The van der Waals surface area contributed by atoms with E-state index in [-0.39, 0.29) is 23.9 Å². The molecule has 0 spiro atoms. The van der Waals surface area contributed by atoms with Crippen molar-refractivity contribution < 1.29 is 18.8 Å². The van der Waals surface area contributed by atoms with Gasteiger partial charge in [-0.3, -0.25) is 9.69 Å². The van der Waals surface area contributed by atoms with Crippen LogP contribution in [0, 0.1) is 15.9 Å². The molecule has 2 aromatic rings. The highest BCUT2D eigenvalue weighted by Gasteiger charge is 2.36. The average molecular weight is 317 g/mol. The van der Waals surface area contributed by atoms with Gasteiger partial charge >= 0.3 is 5.82 Å². The summed E-state index contributed by atoms with van der Waals surface area (Å²) < 4.78 is 18.7. The zero-order valence-electron chi connectivity index (χ0n) is 12.1. The van der Waals surface area contributed by atoms with Gasteiger partial charge in [0.05, 0.1) is 6.54 Å². The lowest BCUT2D eigenvalue weighted by molar-refractivity contribution is -0.389. The zero-order valence-corrected chi connectivity index (χ0v) is 12.1. The minimum atomic E-state index is -0.751. The molecule has 0 radical (unpaired) electrons. The molecule has 1 amide bonds. The van der Waals surface area contributed by atoms with E-state index in [9.17, 15) is 19.3 Å². The van der Waals surface area contributed by atoms with Crippen LogP contribution in [0.3, 0.4) is 0 Å². The minimum absolute atomic E-state index is 0.0471. The molecule has 1 unspecified atom stereocenters. The largest absolute Gasteiger partial charge is 0.475 e. The van der Waals surface area contributed by atoms with Crippen LogP contribution in [0.15, 0.2) is 36.4 Å². The third kappa shape index (κ3) is 2.83. The summed E-state index contributed by atoms with van der Waals surface area (Å²) in [7, 11) is 0. The van der Waals surface area contributed by atoms with Crippen molar-refractivity contribution in [1.29, 1.82) is 0 Å². The van der Waals surface area contributed by atoms with Crippen molar-refractivity contribution >= 4 is 17.5 Å². The summed E-state index contributed by atoms with van der Waals surface area (Å²) in [6, 6.07) is 8.40. The van der Waals surface area contributed by atoms with Crippen molar-refractivity contribution in [3.8, 4) is 5.75 Å². The van der Waals surface area contributed by atoms with Crippen LogP contribution in [0.25, 0.3) is 0 Å². The first-order chi connectivity index (χ1) is 11.0. The lowest BCUT2D eigenvalue weighted by Crippen LogP contribution is -2.44. The smallest absolute Gasteiger partial charge is 0.366 e. The van der Waals surface area contributed by atoms with E-state index >= 15 is 0 Å². The monoisotopic (exact) mass is 317 g/mol. The van der Waals surface area contributed by atoms with E-state index in [2.05, 4.69) is 4.98 Å². The number of hydrogen-bond acceptors (Lipinski definition) is 5. The number of halogens is 1. The van der Waals surface area contributed by atoms with E-state index in [4.69, 9.17) is 4.74 Å². The normalized spacial score (nSPS) is 16.7. The summed E-state index contributed by atoms with van der Waals surface area (Å²) >= 11 is 0. The number of fused-ring (bicyclic) bond motifs is 1. The van der Waals surface area contributed by atoms with Crippen LogP contribution >= 0.6 is 0 Å². The molecule has 0 saturated heterocycles. The van der Waals surface area contributed by atoms with Gasteiger partial charge < -0.3 is 14.9 Å². The molecule has 0 aliphatic carbocycles. The van der Waals surface area contributed by atoms with Gasteiger partial charge in [0, 0.05) is 6.07 Å². The first-order valence-electron chi connectivity index (χ1n) is 6.83. The Kier molecular flexibility index (Phi) is 3.65. The number of ether oxygens (including phenoxy) is 1. The van der Waals surface area contributed by atoms with Gasteiger partial charge in [-0.2, -0.15) is 0 Å². The maximum Gasteiger partial charge on any atom is 0.366 e. The summed E-state index contributed by atoms with van der Waals surface area (Å²) in [4.78, 5) is 27.8. The topological polar surface area (TPSA) is 85.6 Å². The van der Waals surface area contributed by atoms with Crippen molar-refractivity contribution in [1.82, 2.24) is 4.98 Å². The van der Waals surface area contributed by atoms with Gasteiger partial charge in [0.2, 0.25) is 0 Å². The number of amides is 1. The number of aromatic nitrogens is 1. The van der Waals surface area contributed by atoms with Crippen molar-refractivity contribution in [2.45, 2.75) is 19.6 Å². The minimum Gasteiger partial charge on any atom is -0.475 e. The highest BCUT2D eigenvalue weighted by molar-refractivity contribution is 5.98. The van der Waals surface area contributed by atoms with E-state index in [1.807, 2.05) is 0 Å². The fourth-order valence-electron chi connectivity index (χ4n) is 2.35. The van der Waals surface area contributed by atoms with E-state index < -0.39 is 22.8 Å². The number of nitrogens with zero attached hydrogens (tertiary/aromatic N) is 3. The first kappa shape index (κ1) is 14.9. The number of carbonyl (C=O) groups is 1. The summed E-state index contributed by atoms with van der Waals surface area (Å²) in [5.41, 5.74) is 0.548. The number of hydrogen-bond donors (Lipinski definition) is 0. The lowest BCUT2D eigenvalue weighted by atomic mass is 10.1. The summed E-state index contributed by atoms with van der Waals surface area (Å²) in [6.07, 6.45) is -0.751. The van der Waals surface area contributed by atoms with Crippen LogP contribution < -0.4 is 9.64 Å². The van der Waals surface area contributed by atoms with Crippen LogP contribution in [0.1, 0.15) is 12.5 Å². The van der Waals surface area contributed by atoms with Crippen molar-refractivity contribution in [3.63, 3.8) is 0 Å². The van der Waals surface area contributed by atoms with Crippen molar-refractivity contribution in [2.75, 3.05) is 4.90 Å². The molecule has 0 saturated carbocycles. The fourth-order valence-corrected chi connectivity index (χ4v) is 2.35. The van der Waals surface area contributed by atoms with E-state index in [1.165, 1.54) is 35.2 Å². The highest BCUT2D eigenvalue weighted by atomic mass is 19.1. The second kappa shape index (κ2) is 5.64. The van der Waals surface area contributed by atoms with Crippen LogP contribution in [0.4, 0.5) is 16.0 Å². The second-order valence-corrected chi connectivity index (χ2v) is 5.06. The molecule has 0 N–H and O–H groups in total. The Morgan fingerprint density at radius 3 is 2.87 bits per heavy atom. The molecule has 1 aromatic heterocycles. The Balaban J connectivity index is 2.03. The molecule has 2 heterocycles. The molecular formula is C15H12FN3O4. The van der Waals surface area contributed by atoms with Crippen molar-refractivity contribution in [3.05, 3.63) is 57.9 Å². The molecule has 23 heavy (non-hydrogen) atoms. The third-order valence-corrected chi connectivity index (χ3v) is 3.41. The Morgan fingerprint density at radius 2 is 2.17 bits per heavy atom. The van der Waals surface area contributed by atoms with Crippen molar-refractivity contribution in [2.24, 2.45) is 0 Å². The quantitative estimate of drug-likeness (QED) is 0.641. The molecule has 0 fully saturated rings. The summed E-state index contributed by atoms with van der Waals surface area (Å²) in [5.74, 6) is -0.872. The van der Waals surface area contributed by atoms with Gasteiger partial charge in [0.1, 0.15) is 5.82 Å². The lowest BCUT2D eigenvalue weighted by Gasteiger charge is -2.29. The van der Waals surface area contributed by atoms with Crippen LogP contribution in [0.5, 0.6) is 5.75 Å². The standard InChI is InChI=1S/C15H12FN3O4/c1-9-15(20)18(8-10-3-2-4-11(16)7-10)14-12(23-9)5-6-13(17-14)19(21)22/h2-7,9H,8H2,1H3. The van der Waals surface area contributed by atoms with E-state index in [0.717, 1.165) is 0 Å². The molecule has 0 bridgehead atoms.